The van der Waals surface area contributed by atoms with Crippen LogP contribution in [0.15, 0.2) is 0 Å². The van der Waals surface area contributed by atoms with Gasteiger partial charge in [0.25, 0.3) is 0 Å². The van der Waals surface area contributed by atoms with E-state index in [9.17, 15) is 14.4 Å². The predicted octanol–water partition coefficient (Wildman–Crippen LogP) is 0.810. The molecule has 0 rings (SSSR count). The summed E-state index contributed by atoms with van der Waals surface area (Å²) in [5.74, 6) is -0.688. The van der Waals surface area contributed by atoms with Crippen LogP contribution in [0, 0.1) is 5.92 Å². The van der Waals surface area contributed by atoms with E-state index in [1.807, 2.05) is 13.8 Å². The van der Waals surface area contributed by atoms with Gasteiger partial charge in [-0.15, -0.1) is 0 Å². The van der Waals surface area contributed by atoms with Gasteiger partial charge < -0.3 is 25.3 Å². The van der Waals surface area contributed by atoms with Gasteiger partial charge in [0, 0.05) is 18.9 Å². The Labute approximate surface area is 156 Å². The van der Waals surface area contributed by atoms with Gasteiger partial charge in [-0.2, -0.15) is 0 Å². The Morgan fingerprint density at radius 1 is 1.04 bits per heavy atom. The zero-order valence-corrected chi connectivity index (χ0v) is 16.6. The summed E-state index contributed by atoms with van der Waals surface area (Å²) in [6.45, 7) is 10.4. The van der Waals surface area contributed by atoms with Crippen LogP contribution in [0.25, 0.3) is 0 Å². The van der Waals surface area contributed by atoms with Crippen molar-refractivity contribution in [3.05, 3.63) is 0 Å². The Hall–Kier alpha value is -1.51. The van der Waals surface area contributed by atoms with Gasteiger partial charge >= 0.3 is 5.97 Å². The van der Waals surface area contributed by atoms with Crippen molar-refractivity contribution in [2.45, 2.75) is 59.1 Å². The van der Waals surface area contributed by atoms with Gasteiger partial charge in [-0.1, -0.05) is 13.8 Å². The molecule has 0 bridgehead atoms. The molecule has 0 aliphatic rings. The number of amides is 1. The van der Waals surface area contributed by atoms with Crippen LogP contribution < -0.4 is 11.1 Å². The van der Waals surface area contributed by atoms with Gasteiger partial charge in [0.05, 0.1) is 19.8 Å². The lowest BCUT2D eigenvalue weighted by Crippen LogP contribution is -2.38. The fourth-order valence-electron chi connectivity index (χ4n) is 1.69. The van der Waals surface area contributed by atoms with E-state index in [0.29, 0.717) is 26.4 Å². The molecule has 0 aliphatic carbocycles. The molecule has 0 aromatic heterocycles. The highest BCUT2D eigenvalue weighted by molar-refractivity contribution is 5.81. The summed E-state index contributed by atoms with van der Waals surface area (Å²) in [5, 5.41) is 2.68. The number of Topliss-reactive ketones (excluding diaryl/α,β-unsaturated/α-hetero) is 1. The molecule has 0 fully saturated rings. The molecule has 152 valence electrons. The number of carbonyl (C=O) groups excluding carboxylic acids is 3. The minimum Gasteiger partial charge on any atom is -0.459 e. The van der Waals surface area contributed by atoms with E-state index in [4.69, 9.17) is 19.9 Å². The number of ketones is 1. The van der Waals surface area contributed by atoms with E-state index < -0.39 is 17.6 Å². The Bertz CT molecular complexity index is 445. The summed E-state index contributed by atoms with van der Waals surface area (Å²) in [6.07, 6.45) is 0.361. The molecule has 0 saturated heterocycles. The van der Waals surface area contributed by atoms with E-state index in [0.717, 1.165) is 0 Å². The number of rotatable bonds is 13. The van der Waals surface area contributed by atoms with Crippen molar-refractivity contribution in [1.29, 1.82) is 0 Å². The normalized spacial score (nSPS) is 12.7. The van der Waals surface area contributed by atoms with Crippen LogP contribution in [0.1, 0.15) is 47.5 Å². The van der Waals surface area contributed by atoms with Crippen LogP contribution in [0.3, 0.4) is 0 Å². The fourth-order valence-corrected chi connectivity index (χ4v) is 1.69. The van der Waals surface area contributed by atoms with Crippen molar-refractivity contribution in [1.82, 2.24) is 5.32 Å². The largest absolute Gasteiger partial charge is 0.459 e. The minimum absolute atomic E-state index is 0.0328. The Kier molecular flexibility index (Phi) is 12.0. The van der Waals surface area contributed by atoms with Crippen LogP contribution in [-0.4, -0.2) is 62.3 Å². The summed E-state index contributed by atoms with van der Waals surface area (Å²) in [4.78, 5) is 34.7. The first-order chi connectivity index (χ1) is 12.0. The van der Waals surface area contributed by atoms with E-state index in [2.05, 4.69) is 5.32 Å². The maximum absolute atomic E-state index is 11.7. The third-order valence-electron chi connectivity index (χ3n) is 3.22. The minimum atomic E-state index is -0.818. The second-order valence-electron chi connectivity index (χ2n) is 7.31. The van der Waals surface area contributed by atoms with E-state index in [-0.39, 0.29) is 37.1 Å². The van der Waals surface area contributed by atoms with Gasteiger partial charge in [-0.05, 0) is 27.2 Å². The molecule has 0 spiro atoms. The average Bonchev–Trinajstić information content (AvgIpc) is 2.52. The number of nitrogens with two attached hydrogens (primary N) is 1. The van der Waals surface area contributed by atoms with Gasteiger partial charge in [0.15, 0.2) is 5.78 Å². The summed E-state index contributed by atoms with van der Waals surface area (Å²) in [7, 11) is 0. The lowest BCUT2D eigenvalue weighted by molar-refractivity contribution is -0.156. The quantitative estimate of drug-likeness (QED) is 0.362. The number of ether oxygens (including phenoxy) is 3. The van der Waals surface area contributed by atoms with Crippen LogP contribution >= 0.6 is 0 Å². The van der Waals surface area contributed by atoms with Crippen molar-refractivity contribution in [3.8, 4) is 0 Å². The first kappa shape index (κ1) is 24.5. The fraction of sp³-hybridized carbons (Fsp3) is 0.833. The Morgan fingerprint density at radius 3 is 2.23 bits per heavy atom. The molecule has 1 atom stereocenters. The molecule has 1 unspecified atom stereocenters. The smallest absolute Gasteiger partial charge is 0.323 e. The van der Waals surface area contributed by atoms with Crippen molar-refractivity contribution in [3.63, 3.8) is 0 Å². The van der Waals surface area contributed by atoms with E-state index in [1.165, 1.54) is 0 Å². The SMILES string of the molecule is CC(C)C(=O)COCCOCCNC(=O)CCC(N)C(=O)OC(C)(C)C. The van der Waals surface area contributed by atoms with Crippen LogP contribution in [0.5, 0.6) is 0 Å². The lowest BCUT2D eigenvalue weighted by Gasteiger charge is -2.22. The highest BCUT2D eigenvalue weighted by Crippen LogP contribution is 2.09. The first-order valence-electron chi connectivity index (χ1n) is 8.96. The molecule has 1 amide bonds. The van der Waals surface area contributed by atoms with E-state index >= 15 is 0 Å². The molecule has 0 aromatic carbocycles. The third kappa shape index (κ3) is 13.7. The molecule has 0 radical (unpaired) electrons. The maximum Gasteiger partial charge on any atom is 0.323 e. The Morgan fingerprint density at radius 2 is 1.65 bits per heavy atom. The molecule has 0 aliphatic heterocycles. The number of carbonyl (C=O) groups is 3. The monoisotopic (exact) mass is 374 g/mol. The summed E-state index contributed by atoms with van der Waals surface area (Å²) >= 11 is 0. The molecular weight excluding hydrogens is 340 g/mol. The number of nitrogens with one attached hydrogen (secondary N) is 1. The Balaban J connectivity index is 3.63. The van der Waals surface area contributed by atoms with Crippen LogP contribution in [0.4, 0.5) is 0 Å². The highest BCUT2D eigenvalue weighted by atomic mass is 16.6. The number of esters is 1. The summed E-state index contributed by atoms with van der Waals surface area (Å²) < 4.78 is 15.6. The highest BCUT2D eigenvalue weighted by Gasteiger charge is 2.22. The summed E-state index contributed by atoms with van der Waals surface area (Å²) in [6, 6.07) is -0.818. The number of hydrogen-bond donors (Lipinski definition) is 2. The van der Waals surface area contributed by atoms with E-state index in [1.54, 1.807) is 20.8 Å². The average molecular weight is 374 g/mol. The maximum atomic E-state index is 11.7. The second-order valence-corrected chi connectivity index (χ2v) is 7.31. The van der Waals surface area contributed by atoms with Crippen LogP contribution in [-0.2, 0) is 28.6 Å². The zero-order valence-electron chi connectivity index (χ0n) is 16.6. The second kappa shape index (κ2) is 12.8. The molecule has 8 heteroatoms. The van der Waals surface area contributed by atoms with Gasteiger partial charge in [-0.25, -0.2) is 0 Å². The first-order valence-corrected chi connectivity index (χ1v) is 8.96. The molecule has 0 aromatic rings. The van der Waals surface area contributed by atoms with Crippen molar-refractivity contribution >= 4 is 17.7 Å². The molecule has 3 N–H and O–H groups in total. The lowest BCUT2D eigenvalue weighted by atomic mass is 10.1. The standard InChI is InChI=1S/C18H34N2O6/c1-13(2)15(21)12-25-11-10-24-9-8-20-16(22)7-6-14(19)17(23)26-18(3,4)5/h13-14H,6-12,19H2,1-5H3,(H,20,22). The van der Waals surface area contributed by atoms with Crippen molar-refractivity contribution in [2.75, 3.05) is 33.0 Å². The predicted molar refractivity (Wildman–Crippen MR) is 97.5 cm³/mol. The molecular formula is C18H34N2O6. The number of hydrogen-bond acceptors (Lipinski definition) is 7. The topological polar surface area (TPSA) is 117 Å². The molecule has 8 nitrogen and oxygen atoms in total. The third-order valence-corrected chi connectivity index (χ3v) is 3.22. The molecule has 0 heterocycles. The van der Waals surface area contributed by atoms with Gasteiger partial charge in [0.2, 0.25) is 5.91 Å². The van der Waals surface area contributed by atoms with Crippen molar-refractivity contribution < 1.29 is 28.6 Å². The van der Waals surface area contributed by atoms with Crippen molar-refractivity contribution in [2.24, 2.45) is 11.7 Å². The van der Waals surface area contributed by atoms with Gasteiger partial charge in [0.1, 0.15) is 18.2 Å². The summed E-state index contributed by atoms with van der Waals surface area (Å²) in [5.41, 5.74) is 5.12. The molecule has 0 saturated carbocycles. The zero-order chi connectivity index (χ0) is 20.2. The van der Waals surface area contributed by atoms with Gasteiger partial charge in [-0.3, -0.25) is 14.4 Å². The molecule has 26 heavy (non-hydrogen) atoms. The van der Waals surface area contributed by atoms with Crippen LogP contribution in [0.2, 0.25) is 0 Å².